The molecular weight excluding hydrogens is 404 g/mol. The molecule has 1 aromatic carbocycles. The van der Waals surface area contributed by atoms with Crippen LogP contribution < -0.4 is 9.47 Å². The first kappa shape index (κ1) is 27.5. The number of hydrogen-bond donors (Lipinski definition) is 0. The number of benzene rings is 1. The lowest BCUT2D eigenvalue weighted by Crippen LogP contribution is -2.02. The van der Waals surface area contributed by atoms with Crippen molar-refractivity contribution in [3.05, 3.63) is 42.0 Å². The van der Waals surface area contributed by atoms with Gasteiger partial charge in [-0.05, 0) is 62.5 Å². The zero-order valence-electron chi connectivity index (χ0n) is 20.1. The monoisotopic (exact) mass is 444 g/mol. The van der Waals surface area contributed by atoms with E-state index < -0.39 is 0 Å². The molecule has 178 valence electrons. The summed E-state index contributed by atoms with van der Waals surface area (Å²) >= 11 is 0. The lowest BCUT2D eigenvalue weighted by atomic mass is 10.0. The summed E-state index contributed by atoms with van der Waals surface area (Å²) in [5.74, 6) is 1.23. The van der Waals surface area contributed by atoms with Crippen molar-refractivity contribution in [3.63, 3.8) is 0 Å². The molecule has 0 saturated carbocycles. The smallest absolute Gasteiger partial charge is 0.330 e. The first-order valence-electron chi connectivity index (χ1n) is 11.9. The Balaban J connectivity index is 2.21. The second-order valence-electron chi connectivity index (χ2n) is 7.92. The van der Waals surface area contributed by atoms with Crippen LogP contribution in [-0.4, -0.2) is 31.6 Å². The predicted molar refractivity (Wildman–Crippen MR) is 130 cm³/mol. The van der Waals surface area contributed by atoms with E-state index in [0.717, 1.165) is 56.9 Å². The van der Waals surface area contributed by atoms with Crippen LogP contribution in [-0.2, 0) is 14.3 Å². The lowest BCUT2D eigenvalue weighted by molar-refractivity contribution is -0.137. The molecule has 0 spiro atoms. The molecule has 0 aliphatic rings. The molecule has 0 atom stereocenters. The van der Waals surface area contributed by atoms with Gasteiger partial charge in [0.1, 0.15) is 0 Å². The third-order valence-corrected chi connectivity index (χ3v) is 4.91. The quantitative estimate of drug-likeness (QED) is 0.143. The van der Waals surface area contributed by atoms with Gasteiger partial charge in [-0.1, -0.05) is 51.7 Å². The van der Waals surface area contributed by atoms with E-state index in [-0.39, 0.29) is 11.8 Å². The van der Waals surface area contributed by atoms with Crippen molar-refractivity contribution in [2.75, 3.05) is 19.8 Å². The van der Waals surface area contributed by atoms with Gasteiger partial charge in [0.25, 0.3) is 0 Å². The molecule has 0 amide bonds. The number of Topliss-reactive ketones (excluding diaryl/α,β-unsaturated/α-hetero) is 1. The summed E-state index contributed by atoms with van der Waals surface area (Å²) in [6.07, 6.45) is 12.0. The maximum absolute atomic E-state index is 12.0. The molecular formula is C27H40O5. The topological polar surface area (TPSA) is 61.8 Å². The van der Waals surface area contributed by atoms with E-state index >= 15 is 0 Å². The van der Waals surface area contributed by atoms with Crippen molar-refractivity contribution < 1.29 is 23.8 Å². The van der Waals surface area contributed by atoms with Crippen molar-refractivity contribution >= 4 is 17.8 Å². The average molecular weight is 445 g/mol. The van der Waals surface area contributed by atoms with Gasteiger partial charge in [-0.25, -0.2) is 4.79 Å². The number of esters is 1. The first-order chi connectivity index (χ1) is 15.5. The van der Waals surface area contributed by atoms with Crippen LogP contribution in [0.5, 0.6) is 11.5 Å². The zero-order valence-corrected chi connectivity index (χ0v) is 20.1. The fourth-order valence-corrected chi connectivity index (χ4v) is 3.10. The van der Waals surface area contributed by atoms with Gasteiger partial charge in [0, 0.05) is 12.5 Å². The number of carbonyl (C=O) groups excluding carboxylic acids is 2. The number of unbranched alkanes of at least 4 members (excludes halogenated alkanes) is 6. The fraction of sp³-hybridized carbons (Fsp3) is 0.556. The molecule has 1 aromatic rings. The fourth-order valence-electron chi connectivity index (χ4n) is 3.10. The second-order valence-corrected chi connectivity index (χ2v) is 7.92. The first-order valence-corrected chi connectivity index (χ1v) is 11.9. The predicted octanol–water partition coefficient (Wildman–Crippen LogP) is 6.70. The Labute approximate surface area is 193 Å². The zero-order chi connectivity index (χ0) is 23.6. The summed E-state index contributed by atoms with van der Waals surface area (Å²) in [7, 11) is 0. The van der Waals surface area contributed by atoms with Crippen molar-refractivity contribution in [3.8, 4) is 11.5 Å². The van der Waals surface area contributed by atoms with E-state index in [4.69, 9.17) is 14.2 Å². The minimum Gasteiger partial charge on any atom is -0.490 e. The molecule has 0 saturated heterocycles. The molecule has 0 heterocycles. The Kier molecular flexibility index (Phi) is 14.6. The van der Waals surface area contributed by atoms with E-state index in [2.05, 4.69) is 13.5 Å². The minimum atomic E-state index is -0.336. The van der Waals surface area contributed by atoms with Crippen LogP contribution in [0.2, 0.25) is 0 Å². The highest BCUT2D eigenvalue weighted by atomic mass is 16.5. The van der Waals surface area contributed by atoms with E-state index in [1.54, 1.807) is 13.0 Å². The van der Waals surface area contributed by atoms with Gasteiger partial charge in [0.15, 0.2) is 17.3 Å². The molecule has 5 heteroatoms. The van der Waals surface area contributed by atoms with Gasteiger partial charge in [0.2, 0.25) is 0 Å². The third-order valence-electron chi connectivity index (χ3n) is 4.91. The van der Waals surface area contributed by atoms with Crippen molar-refractivity contribution in [1.82, 2.24) is 0 Å². The highest BCUT2D eigenvalue weighted by molar-refractivity contribution is 5.94. The summed E-state index contributed by atoms with van der Waals surface area (Å²) in [5.41, 5.74) is 1.51. The minimum absolute atomic E-state index is 0.175. The molecule has 0 aliphatic heterocycles. The summed E-state index contributed by atoms with van der Waals surface area (Å²) in [6, 6.07) is 5.62. The van der Waals surface area contributed by atoms with Crippen LogP contribution in [0.25, 0.3) is 6.08 Å². The maximum Gasteiger partial charge on any atom is 0.330 e. The molecule has 32 heavy (non-hydrogen) atoms. The number of ketones is 1. The van der Waals surface area contributed by atoms with Gasteiger partial charge >= 0.3 is 5.97 Å². The summed E-state index contributed by atoms with van der Waals surface area (Å²) in [5, 5.41) is 0. The maximum atomic E-state index is 12.0. The Morgan fingerprint density at radius 1 is 0.906 bits per heavy atom. The molecule has 0 aromatic heterocycles. The number of ether oxygens (including phenoxy) is 3. The van der Waals surface area contributed by atoms with Gasteiger partial charge in [0.05, 0.1) is 19.8 Å². The van der Waals surface area contributed by atoms with E-state index in [1.807, 2.05) is 25.1 Å². The number of rotatable bonds is 18. The van der Waals surface area contributed by atoms with Gasteiger partial charge < -0.3 is 14.2 Å². The normalized spacial score (nSPS) is 10.8. The van der Waals surface area contributed by atoms with E-state index in [9.17, 15) is 9.59 Å². The molecule has 0 N–H and O–H groups in total. The molecule has 0 fully saturated rings. The molecule has 0 bridgehead atoms. The van der Waals surface area contributed by atoms with Crippen LogP contribution in [0.1, 0.15) is 84.1 Å². The standard InChI is InChI=1S/C27H40O5/c1-5-19-31-26-21-23(15-17-25(26)30-6-2)16-18-27(29)32-20-13-11-9-7-8-10-12-14-24(28)22(3)4/h15-18,21H,3,5-14,19-20H2,1-2,4H3/b18-16+. The van der Waals surface area contributed by atoms with Crippen LogP contribution in [0.3, 0.4) is 0 Å². The molecule has 0 unspecified atom stereocenters. The van der Waals surface area contributed by atoms with E-state index in [0.29, 0.717) is 43.3 Å². The Bertz CT molecular complexity index is 736. The third kappa shape index (κ3) is 12.3. The number of hydrogen-bond acceptors (Lipinski definition) is 5. The highest BCUT2D eigenvalue weighted by Crippen LogP contribution is 2.29. The number of carbonyl (C=O) groups is 2. The van der Waals surface area contributed by atoms with Crippen LogP contribution in [0, 0.1) is 0 Å². The number of allylic oxidation sites excluding steroid dienone is 1. The largest absolute Gasteiger partial charge is 0.490 e. The van der Waals surface area contributed by atoms with Crippen molar-refractivity contribution in [2.45, 2.75) is 78.6 Å². The molecule has 0 aliphatic carbocycles. The Morgan fingerprint density at radius 3 is 2.25 bits per heavy atom. The van der Waals surface area contributed by atoms with Gasteiger partial charge in [-0.3, -0.25) is 4.79 Å². The summed E-state index contributed by atoms with van der Waals surface area (Å²) in [6.45, 7) is 11.0. The second kappa shape index (κ2) is 17.0. The van der Waals surface area contributed by atoms with Crippen molar-refractivity contribution in [2.24, 2.45) is 0 Å². The molecule has 5 nitrogen and oxygen atoms in total. The molecule has 0 radical (unpaired) electrons. The van der Waals surface area contributed by atoms with Crippen molar-refractivity contribution in [1.29, 1.82) is 0 Å². The lowest BCUT2D eigenvalue weighted by Gasteiger charge is -2.12. The Morgan fingerprint density at radius 2 is 1.59 bits per heavy atom. The Hall–Kier alpha value is -2.56. The SMILES string of the molecule is C=C(C)C(=O)CCCCCCCCCOC(=O)/C=C/c1ccc(OCC)c(OCCC)c1. The summed E-state index contributed by atoms with van der Waals surface area (Å²) in [4.78, 5) is 23.4. The van der Waals surface area contributed by atoms with Crippen LogP contribution in [0.15, 0.2) is 36.4 Å². The van der Waals surface area contributed by atoms with Crippen LogP contribution >= 0.6 is 0 Å². The van der Waals surface area contributed by atoms with Gasteiger partial charge in [-0.2, -0.15) is 0 Å². The van der Waals surface area contributed by atoms with Gasteiger partial charge in [-0.15, -0.1) is 0 Å². The highest BCUT2D eigenvalue weighted by Gasteiger charge is 2.06. The van der Waals surface area contributed by atoms with Crippen LogP contribution in [0.4, 0.5) is 0 Å². The summed E-state index contributed by atoms with van der Waals surface area (Å²) < 4.78 is 16.6. The molecule has 1 rings (SSSR count). The average Bonchev–Trinajstić information content (AvgIpc) is 2.78. The van der Waals surface area contributed by atoms with E-state index in [1.165, 1.54) is 6.08 Å².